The summed E-state index contributed by atoms with van der Waals surface area (Å²) >= 11 is 1.53. The highest BCUT2D eigenvalue weighted by Gasteiger charge is 2.34. The van der Waals surface area contributed by atoms with E-state index in [1.165, 1.54) is 23.9 Å². The first-order valence-electron chi connectivity index (χ1n) is 7.50. The molecule has 3 rings (SSSR count). The summed E-state index contributed by atoms with van der Waals surface area (Å²) in [4.78, 5) is 14.0. The molecule has 0 radical (unpaired) electrons. The lowest BCUT2D eigenvalue weighted by Crippen LogP contribution is -2.27. The van der Waals surface area contributed by atoms with Crippen molar-refractivity contribution in [2.24, 2.45) is 5.14 Å². The molecule has 2 N–H and O–H groups in total. The van der Waals surface area contributed by atoms with Crippen LogP contribution in [0.5, 0.6) is 0 Å². The van der Waals surface area contributed by atoms with Crippen molar-refractivity contribution >= 4 is 27.7 Å². The van der Waals surface area contributed by atoms with Crippen molar-refractivity contribution in [2.75, 3.05) is 5.75 Å². The highest BCUT2D eigenvalue weighted by molar-refractivity contribution is 8.00. The van der Waals surface area contributed by atoms with Crippen LogP contribution >= 0.6 is 11.8 Å². The van der Waals surface area contributed by atoms with Gasteiger partial charge in [0.2, 0.25) is 15.9 Å². The van der Waals surface area contributed by atoms with Gasteiger partial charge in [0, 0.05) is 13.0 Å². The molecule has 1 fully saturated rings. The third-order valence-corrected chi connectivity index (χ3v) is 5.99. The van der Waals surface area contributed by atoms with Crippen LogP contribution in [-0.4, -0.2) is 25.0 Å². The van der Waals surface area contributed by atoms with Crippen LogP contribution < -0.4 is 5.14 Å². The van der Waals surface area contributed by atoms with Gasteiger partial charge in [-0.3, -0.25) is 4.79 Å². The number of nitrogens with two attached hydrogens (primary N) is 1. The predicted octanol–water partition coefficient (Wildman–Crippen LogP) is 2.26. The van der Waals surface area contributed by atoms with E-state index in [-0.39, 0.29) is 16.2 Å². The fourth-order valence-electron chi connectivity index (χ4n) is 2.56. The highest BCUT2D eigenvalue weighted by Crippen LogP contribution is 2.40. The van der Waals surface area contributed by atoms with E-state index in [1.54, 1.807) is 17.0 Å². The number of hydrogen-bond acceptors (Lipinski definition) is 5. The average molecular weight is 366 g/mol. The summed E-state index contributed by atoms with van der Waals surface area (Å²) in [5.74, 6) is 2.10. The molecule has 1 amide bonds. The maximum Gasteiger partial charge on any atom is 0.238 e. The molecule has 24 heavy (non-hydrogen) atoms. The Morgan fingerprint density at radius 2 is 1.96 bits per heavy atom. The topological polar surface area (TPSA) is 93.6 Å². The fraction of sp³-hybridized carbons (Fsp3) is 0.312. The number of thioether (sulfide) groups is 1. The number of carbonyl (C=O) groups excluding carboxylic acids is 1. The van der Waals surface area contributed by atoms with Crippen molar-refractivity contribution in [2.45, 2.75) is 30.2 Å². The van der Waals surface area contributed by atoms with E-state index >= 15 is 0 Å². The van der Waals surface area contributed by atoms with Gasteiger partial charge >= 0.3 is 0 Å². The van der Waals surface area contributed by atoms with Crippen LogP contribution in [0, 0.1) is 0 Å². The van der Waals surface area contributed by atoms with E-state index < -0.39 is 10.0 Å². The lowest BCUT2D eigenvalue weighted by Gasteiger charge is -2.22. The first-order valence-corrected chi connectivity index (χ1v) is 10.1. The Labute approximate surface area is 145 Å². The summed E-state index contributed by atoms with van der Waals surface area (Å²) in [6, 6.07) is 10.1. The van der Waals surface area contributed by atoms with E-state index in [2.05, 4.69) is 0 Å². The molecule has 1 saturated heterocycles. The fourth-order valence-corrected chi connectivity index (χ4v) is 4.20. The Hall–Kier alpha value is -1.77. The lowest BCUT2D eigenvalue weighted by molar-refractivity contribution is -0.128. The van der Waals surface area contributed by atoms with Crippen molar-refractivity contribution in [3.8, 4) is 0 Å². The van der Waals surface area contributed by atoms with E-state index in [1.807, 2.05) is 19.1 Å². The number of nitrogens with zero attached hydrogens (tertiary/aromatic N) is 1. The summed E-state index contributed by atoms with van der Waals surface area (Å²) in [6.07, 6.45) is 0.806. The number of aryl methyl sites for hydroxylation is 1. The van der Waals surface area contributed by atoms with Gasteiger partial charge in [-0.25, -0.2) is 13.6 Å². The molecule has 2 aromatic rings. The molecule has 0 saturated carbocycles. The van der Waals surface area contributed by atoms with E-state index in [4.69, 9.17) is 9.56 Å². The van der Waals surface area contributed by atoms with E-state index in [0.29, 0.717) is 12.3 Å². The second kappa shape index (κ2) is 6.62. The highest BCUT2D eigenvalue weighted by atomic mass is 32.2. The molecule has 1 aromatic heterocycles. The minimum Gasteiger partial charge on any atom is -0.463 e. The van der Waals surface area contributed by atoms with Crippen LogP contribution in [0.15, 0.2) is 45.7 Å². The minimum absolute atomic E-state index is 0.0370. The molecule has 128 valence electrons. The number of hydrogen-bond donors (Lipinski definition) is 1. The number of amides is 1. The van der Waals surface area contributed by atoms with Gasteiger partial charge in [-0.1, -0.05) is 19.1 Å². The molecule has 2 heterocycles. The molecule has 1 aromatic carbocycles. The van der Waals surface area contributed by atoms with Crippen molar-refractivity contribution in [3.05, 3.63) is 53.5 Å². The monoisotopic (exact) mass is 366 g/mol. The molecule has 0 aliphatic carbocycles. The third kappa shape index (κ3) is 3.50. The van der Waals surface area contributed by atoms with Crippen LogP contribution in [0.2, 0.25) is 0 Å². The summed E-state index contributed by atoms with van der Waals surface area (Å²) < 4.78 is 28.4. The smallest absolute Gasteiger partial charge is 0.238 e. The van der Waals surface area contributed by atoms with Gasteiger partial charge in [0.25, 0.3) is 0 Å². The Balaban J connectivity index is 1.80. The number of primary sulfonamides is 1. The van der Waals surface area contributed by atoms with E-state index in [0.717, 1.165) is 23.5 Å². The molecular weight excluding hydrogens is 348 g/mol. The van der Waals surface area contributed by atoms with Gasteiger partial charge < -0.3 is 9.32 Å². The summed E-state index contributed by atoms with van der Waals surface area (Å²) in [5, 5.41) is 4.94. The molecule has 1 atom stereocenters. The zero-order chi connectivity index (χ0) is 17.3. The van der Waals surface area contributed by atoms with E-state index in [9.17, 15) is 13.2 Å². The van der Waals surface area contributed by atoms with Gasteiger partial charge in [0.15, 0.2) is 0 Å². The van der Waals surface area contributed by atoms with Gasteiger partial charge in [-0.2, -0.15) is 0 Å². The summed E-state index contributed by atoms with van der Waals surface area (Å²) in [5.41, 5.74) is 0.838. The van der Waals surface area contributed by atoms with Crippen molar-refractivity contribution in [1.82, 2.24) is 4.90 Å². The number of sulfonamides is 1. The lowest BCUT2D eigenvalue weighted by atomic mass is 10.2. The van der Waals surface area contributed by atoms with Gasteiger partial charge in [0.05, 0.1) is 10.6 Å². The molecule has 6 nitrogen and oxygen atoms in total. The van der Waals surface area contributed by atoms with Crippen LogP contribution in [0.3, 0.4) is 0 Å². The Bertz CT molecular complexity index is 843. The maximum atomic E-state index is 12.2. The minimum atomic E-state index is -3.71. The van der Waals surface area contributed by atoms with Crippen LogP contribution in [0.25, 0.3) is 0 Å². The molecule has 0 bridgehead atoms. The van der Waals surface area contributed by atoms with Crippen molar-refractivity contribution in [3.63, 3.8) is 0 Å². The van der Waals surface area contributed by atoms with Crippen LogP contribution in [0.1, 0.15) is 29.4 Å². The molecule has 0 spiro atoms. The standard InChI is InChI=1S/C16H18N2O4S2/c1-2-12-5-8-14(22-12)16-18(15(19)10-23-16)9-11-3-6-13(7-4-11)24(17,20)21/h3-8,16H,2,9-10H2,1H3,(H2,17,20,21). The van der Waals surface area contributed by atoms with Crippen LogP contribution in [-0.2, 0) is 27.8 Å². The third-order valence-electron chi connectivity index (χ3n) is 3.85. The maximum absolute atomic E-state index is 12.2. The SMILES string of the molecule is CCc1ccc(C2SCC(=O)N2Cc2ccc(S(N)(=O)=O)cc2)o1. The van der Waals surface area contributed by atoms with Gasteiger partial charge in [-0.05, 0) is 29.8 Å². The van der Waals surface area contributed by atoms with Crippen LogP contribution in [0.4, 0.5) is 0 Å². The largest absolute Gasteiger partial charge is 0.463 e. The molecule has 1 aliphatic heterocycles. The zero-order valence-corrected chi connectivity index (χ0v) is 14.8. The normalized spacial score (nSPS) is 18.3. The first kappa shape index (κ1) is 17.1. The number of furan rings is 1. The summed E-state index contributed by atoms with van der Waals surface area (Å²) in [6.45, 7) is 2.41. The van der Waals surface area contributed by atoms with Crippen molar-refractivity contribution in [1.29, 1.82) is 0 Å². The number of benzene rings is 1. The number of carbonyl (C=O) groups is 1. The van der Waals surface area contributed by atoms with Gasteiger partial charge in [0.1, 0.15) is 16.9 Å². The summed E-state index contributed by atoms with van der Waals surface area (Å²) in [7, 11) is -3.71. The predicted molar refractivity (Wildman–Crippen MR) is 91.7 cm³/mol. The quantitative estimate of drug-likeness (QED) is 0.876. The zero-order valence-electron chi connectivity index (χ0n) is 13.1. The molecule has 1 aliphatic rings. The molecular formula is C16H18N2O4S2. The Kier molecular flexibility index (Phi) is 4.71. The second-order valence-electron chi connectivity index (χ2n) is 5.53. The number of rotatable bonds is 5. The molecule has 8 heteroatoms. The van der Waals surface area contributed by atoms with Crippen molar-refractivity contribution < 1.29 is 17.6 Å². The molecule has 1 unspecified atom stereocenters. The first-order chi connectivity index (χ1) is 11.4. The Morgan fingerprint density at radius 3 is 2.54 bits per heavy atom. The second-order valence-corrected chi connectivity index (χ2v) is 8.16. The van der Waals surface area contributed by atoms with Gasteiger partial charge in [-0.15, -0.1) is 11.8 Å². The Morgan fingerprint density at radius 1 is 1.25 bits per heavy atom. The average Bonchev–Trinajstić information content (AvgIpc) is 3.14.